The topological polar surface area (TPSA) is 107 Å². The molecule has 1 amide bonds. The summed E-state index contributed by atoms with van der Waals surface area (Å²) in [4.78, 5) is 33.3. The zero-order chi connectivity index (χ0) is 17.5. The molecule has 126 valence electrons. The van der Waals surface area contributed by atoms with Crippen molar-refractivity contribution in [2.75, 3.05) is 6.54 Å². The molecule has 2 saturated heterocycles. The number of nitrogens with zero attached hydrogens (tertiary/aromatic N) is 1. The van der Waals surface area contributed by atoms with Gasteiger partial charge in [0.05, 0.1) is 6.04 Å². The van der Waals surface area contributed by atoms with Gasteiger partial charge in [-0.3, -0.25) is 9.69 Å². The molecule has 0 spiro atoms. The van der Waals surface area contributed by atoms with Crippen LogP contribution in [-0.4, -0.2) is 57.8 Å². The number of hydrogen-bond acceptors (Lipinski definition) is 4. The number of carboxylic acids is 2. The Morgan fingerprint density at radius 3 is 2.35 bits per heavy atom. The Labute approximate surface area is 128 Å². The Hall–Kier alpha value is -2.36. The van der Waals surface area contributed by atoms with Gasteiger partial charge in [0.1, 0.15) is 11.7 Å². The fourth-order valence-corrected chi connectivity index (χ4v) is 3.01. The number of allylic oxidation sites excluding steroid dienone is 2. The van der Waals surface area contributed by atoms with Crippen LogP contribution in [0.3, 0.4) is 0 Å². The molecule has 2 fully saturated rings. The first-order chi connectivity index (χ1) is 10.6. The lowest BCUT2D eigenvalue weighted by Gasteiger charge is -2.48. The summed E-state index contributed by atoms with van der Waals surface area (Å²) in [6, 6.07) is -0.118. The molecule has 3 atom stereocenters. The molecule has 3 aliphatic heterocycles. The van der Waals surface area contributed by atoms with Crippen molar-refractivity contribution in [1.29, 1.82) is 0 Å². The molecule has 0 aromatic carbocycles. The molecule has 0 bridgehead atoms. The molecular weight excluding hydrogens is 321 g/mol. The summed E-state index contributed by atoms with van der Waals surface area (Å²) in [5.41, 5.74) is 0.797. The van der Waals surface area contributed by atoms with E-state index in [0.29, 0.717) is 17.9 Å². The lowest BCUT2D eigenvalue weighted by atomic mass is 9.79. The number of alkyl halides is 3. The Kier molecular flexibility index (Phi) is 4.20. The number of aliphatic carboxylic acids is 2. The first-order valence-corrected chi connectivity index (χ1v) is 6.55. The van der Waals surface area contributed by atoms with Crippen molar-refractivity contribution in [2.24, 2.45) is 5.92 Å². The van der Waals surface area contributed by atoms with Gasteiger partial charge in [0.25, 0.3) is 0 Å². The SMILES string of the molecule is C=CC1=C(C(=O)O)N2C(=O)[C@H]3NC[C@@H](C1)[C@H]32.O=C(O)C(F)(F)F. The average molecular weight is 334 g/mol. The molecule has 0 unspecified atom stereocenters. The first kappa shape index (κ1) is 17.0. The fraction of sp³-hybridized carbons (Fsp3) is 0.462. The second-order valence-electron chi connectivity index (χ2n) is 5.23. The quantitative estimate of drug-likeness (QED) is 0.629. The normalized spacial score (nSPS) is 28.4. The zero-order valence-corrected chi connectivity index (χ0v) is 11.6. The van der Waals surface area contributed by atoms with Crippen LogP contribution >= 0.6 is 0 Å². The first-order valence-electron chi connectivity index (χ1n) is 6.55. The van der Waals surface area contributed by atoms with Crippen molar-refractivity contribution >= 4 is 17.8 Å². The standard InChI is InChI=1S/C11H12N2O3.C2HF3O2/c1-2-5-3-6-4-12-7-8(6)13(10(7)14)9(5)11(15)16;3-2(4,5)1(6)7/h2,6-8,12H,1,3-4H2,(H,15,16);(H,6,7)/t6-,7+,8-;/m1./s1. The van der Waals surface area contributed by atoms with Crippen LogP contribution in [-0.2, 0) is 14.4 Å². The average Bonchev–Trinajstić information content (AvgIpc) is 2.85. The molecule has 3 N–H and O–H groups in total. The summed E-state index contributed by atoms with van der Waals surface area (Å²) in [5.74, 6) is -3.58. The van der Waals surface area contributed by atoms with Crippen molar-refractivity contribution in [3.05, 3.63) is 23.9 Å². The lowest BCUT2D eigenvalue weighted by Crippen LogP contribution is -2.68. The number of halogens is 3. The monoisotopic (exact) mass is 334 g/mol. The molecule has 0 aromatic heterocycles. The summed E-state index contributed by atoms with van der Waals surface area (Å²) < 4.78 is 31.7. The highest BCUT2D eigenvalue weighted by molar-refractivity contribution is 6.01. The number of β-lactam (4-membered cyclic amide) rings is 1. The van der Waals surface area contributed by atoms with E-state index in [1.54, 1.807) is 6.08 Å². The summed E-state index contributed by atoms with van der Waals surface area (Å²) in [6.07, 6.45) is -2.83. The molecule has 10 heteroatoms. The van der Waals surface area contributed by atoms with Crippen LogP contribution in [0.15, 0.2) is 23.9 Å². The molecule has 0 aliphatic carbocycles. The van der Waals surface area contributed by atoms with Crippen LogP contribution in [0.2, 0.25) is 0 Å². The van der Waals surface area contributed by atoms with Gasteiger partial charge in [-0.1, -0.05) is 12.7 Å². The molecule has 3 aliphatic rings. The molecule has 3 heterocycles. The minimum atomic E-state index is -5.08. The van der Waals surface area contributed by atoms with Crippen LogP contribution < -0.4 is 5.32 Å². The summed E-state index contributed by atoms with van der Waals surface area (Å²) in [6.45, 7) is 4.41. The number of hydrogen-bond donors (Lipinski definition) is 3. The van der Waals surface area contributed by atoms with Gasteiger partial charge < -0.3 is 15.5 Å². The van der Waals surface area contributed by atoms with Crippen molar-refractivity contribution in [1.82, 2.24) is 10.2 Å². The van der Waals surface area contributed by atoms with Crippen LogP contribution in [0.4, 0.5) is 13.2 Å². The number of carbonyl (C=O) groups excluding carboxylic acids is 1. The Morgan fingerprint density at radius 2 is 1.91 bits per heavy atom. The fourth-order valence-electron chi connectivity index (χ4n) is 3.01. The van der Waals surface area contributed by atoms with E-state index in [4.69, 9.17) is 15.0 Å². The van der Waals surface area contributed by atoms with Crippen LogP contribution in [0.5, 0.6) is 0 Å². The Bertz CT molecular complexity index is 613. The van der Waals surface area contributed by atoms with Gasteiger partial charge in [-0.05, 0) is 17.9 Å². The highest BCUT2D eigenvalue weighted by atomic mass is 19.4. The van der Waals surface area contributed by atoms with Crippen LogP contribution in [0.25, 0.3) is 0 Å². The summed E-state index contributed by atoms with van der Waals surface area (Å²) >= 11 is 0. The largest absolute Gasteiger partial charge is 0.490 e. The van der Waals surface area contributed by atoms with E-state index < -0.39 is 18.1 Å². The van der Waals surface area contributed by atoms with Gasteiger partial charge in [0, 0.05) is 6.54 Å². The third-order valence-corrected chi connectivity index (χ3v) is 3.94. The number of amides is 1. The maximum atomic E-state index is 11.8. The second-order valence-corrected chi connectivity index (χ2v) is 5.23. The van der Waals surface area contributed by atoms with Gasteiger partial charge >= 0.3 is 18.1 Å². The van der Waals surface area contributed by atoms with Gasteiger partial charge in [-0.25, -0.2) is 9.59 Å². The van der Waals surface area contributed by atoms with E-state index in [1.165, 1.54) is 4.90 Å². The second kappa shape index (κ2) is 5.69. The van der Waals surface area contributed by atoms with Crippen molar-refractivity contribution in [3.63, 3.8) is 0 Å². The molecular formula is C13H13F3N2O5. The van der Waals surface area contributed by atoms with E-state index in [2.05, 4.69) is 11.9 Å². The van der Waals surface area contributed by atoms with Crippen molar-refractivity contribution in [2.45, 2.75) is 24.7 Å². The predicted octanol–water partition coefficient (Wildman–Crippen LogP) is 0.347. The molecule has 0 aromatic rings. The third-order valence-electron chi connectivity index (χ3n) is 3.94. The van der Waals surface area contributed by atoms with E-state index >= 15 is 0 Å². The number of rotatable bonds is 2. The predicted molar refractivity (Wildman–Crippen MR) is 69.1 cm³/mol. The molecule has 7 nitrogen and oxygen atoms in total. The molecule has 0 radical (unpaired) electrons. The van der Waals surface area contributed by atoms with Crippen LogP contribution in [0.1, 0.15) is 6.42 Å². The van der Waals surface area contributed by atoms with Crippen molar-refractivity contribution < 1.29 is 37.8 Å². The van der Waals surface area contributed by atoms with Crippen LogP contribution in [0, 0.1) is 5.92 Å². The molecule has 3 rings (SSSR count). The molecule has 23 heavy (non-hydrogen) atoms. The van der Waals surface area contributed by atoms with Gasteiger partial charge in [-0.2, -0.15) is 13.2 Å². The number of nitrogens with one attached hydrogen (secondary N) is 1. The maximum Gasteiger partial charge on any atom is 0.490 e. The highest BCUT2D eigenvalue weighted by Crippen LogP contribution is 2.43. The minimum absolute atomic E-state index is 0.0438. The highest BCUT2D eigenvalue weighted by Gasteiger charge is 2.59. The minimum Gasteiger partial charge on any atom is -0.477 e. The smallest absolute Gasteiger partial charge is 0.477 e. The number of carbonyl (C=O) groups is 3. The van der Waals surface area contributed by atoms with Gasteiger partial charge in [-0.15, -0.1) is 0 Å². The van der Waals surface area contributed by atoms with E-state index in [-0.39, 0.29) is 23.7 Å². The third kappa shape index (κ3) is 2.81. The van der Waals surface area contributed by atoms with Crippen molar-refractivity contribution in [3.8, 4) is 0 Å². The summed E-state index contributed by atoms with van der Waals surface area (Å²) in [7, 11) is 0. The Morgan fingerprint density at radius 1 is 1.35 bits per heavy atom. The van der Waals surface area contributed by atoms with Gasteiger partial charge in [0.2, 0.25) is 5.91 Å². The Balaban J connectivity index is 0.000000236. The van der Waals surface area contributed by atoms with E-state index in [1.807, 2.05) is 0 Å². The lowest BCUT2D eigenvalue weighted by molar-refractivity contribution is -0.192. The maximum absolute atomic E-state index is 11.8. The zero-order valence-electron chi connectivity index (χ0n) is 11.6. The van der Waals surface area contributed by atoms with Gasteiger partial charge in [0.15, 0.2) is 0 Å². The van der Waals surface area contributed by atoms with E-state index in [9.17, 15) is 22.8 Å². The number of carboxylic acid groups (broad SMARTS) is 2. The van der Waals surface area contributed by atoms with E-state index in [0.717, 1.165) is 6.54 Å². The molecule has 0 saturated carbocycles. The summed E-state index contributed by atoms with van der Waals surface area (Å²) in [5, 5.41) is 19.4.